The van der Waals surface area contributed by atoms with Crippen LogP contribution in [-0.2, 0) is 6.42 Å². The van der Waals surface area contributed by atoms with Crippen molar-refractivity contribution in [3.63, 3.8) is 0 Å². The molecule has 0 saturated heterocycles. The van der Waals surface area contributed by atoms with Gasteiger partial charge in [0.15, 0.2) is 11.5 Å². The highest BCUT2D eigenvalue weighted by molar-refractivity contribution is 5.95. The number of nitrogens with one attached hydrogen (secondary N) is 1. The van der Waals surface area contributed by atoms with Gasteiger partial charge in [-0.2, -0.15) is 0 Å². The van der Waals surface area contributed by atoms with E-state index in [9.17, 15) is 4.79 Å². The minimum atomic E-state index is -0.0964. The van der Waals surface area contributed by atoms with Gasteiger partial charge < -0.3 is 14.8 Å². The summed E-state index contributed by atoms with van der Waals surface area (Å²) in [7, 11) is 1.58. The van der Waals surface area contributed by atoms with Crippen molar-refractivity contribution in [1.82, 2.24) is 5.32 Å². The van der Waals surface area contributed by atoms with Gasteiger partial charge in [-0.3, -0.25) is 4.79 Å². The SMILES string of the molecule is CCCOc1ccc(C(=O)NC(C)CCc2ccccc2)cc1OC. The van der Waals surface area contributed by atoms with E-state index in [1.54, 1.807) is 25.3 Å². The van der Waals surface area contributed by atoms with Crippen molar-refractivity contribution < 1.29 is 14.3 Å². The van der Waals surface area contributed by atoms with E-state index < -0.39 is 0 Å². The van der Waals surface area contributed by atoms with Crippen LogP contribution in [0.4, 0.5) is 0 Å². The van der Waals surface area contributed by atoms with Gasteiger partial charge in [0, 0.05) is 11.6 Å². The van der Waals surface area contributed by atoms with Gasteiger partial charge in [-0.25, -0.2) is 0 Å². The summed E-state index contributed by atoms with van der Waals surface area (Å²) >= 11 is 0. The van der Waals surface area contributed by atoms with Crippen LogP contribution in [0.15, 0.2) is 48.5 Å². The lowest BCUT2D eigenvalue weighted by atomic mass is 10.1. The number of carbonyl (C=O) groups excluding carboxylic acids is 1. The maximum atomic E-state index is 12.5. The molecule has 1 N–H and O–H groups in total. The maximum Gasteiger partial charge on any atom is 0.251 e. The zero-order chi connectivity index (χ0) is 18.1. The molecule has 1 unspecified atom stereocenters. The quantitative estimate of drug-likeness (QED) is 0.742. The molecule has 1 atom stereocenters. The molecule has 0 aliphatic heterocycles. The second kappa shape index (κ2) is 9.72. The Hall–Kier alpha value is -2.49. The van der Waals surface area contributed by atoms with Crippen molar-refractivity contribution >= 4 is 5.91 Å². The first-order valence-corrected chi connectivity index (χ1v) is 8.79. The summed E-state index contributed by atoms with van der Waals surface area (Å²) in [5.41, 5.74) is 1.86. The fraction of sp³-hybridized carbons (Fsp3) is 0.381. The smallest absolute Gasteiger partial charge is 0.251 e. The third-order valence-corrected chi connectivity index (χ3v) is 3.97. The molecular formula is C21H27NO3. The van der Waals surface area contributed by atoms with Crippen molar-refractivity contribution in [2.24, 2.45) is 0 Å². The number of aryl methyl sites for hydroxylation is 1. The molecule has 2 aromatic carbocycles. The fourth-order valence-corrected chi connectivity index (χ4v) is 2.55. The first kappa shape index (κ1) is 18.8. The number of hydrogen-bond donors (Lipinski definition) is 1. The molecule has 0 aliphatic carbocycles. The number of ether oxygens (including phenoxy) is 2. The molecule has 4 heteroatoms. The van der Waals surface area contributed by atoms with Crippen molar-refractivity contribution in [2.45, 2.75) is 39.2 Å². The van der Waals surface area contributed by atoms with Crippen LogP contribution < -0.4 is 14.8 Å². The fourth-order valence-electron chi connectivity index (χ4n) is 2.55. The Kier molecular flexibility index (Phi) is 7.33. The number of carbonyl (C=O) groups is 1. The molecule has 0 radical (unpaired) electrons. The molecule has 0 fully saturated rings. The maximum absolute atomic E-state index is 12.5. The predicted octanol–water partition coefficient (Wildman–Crippen LogP) is 4.24. The van der Waals surface area contributed by atoms with Gasteiger partial charge in [0.25, 0.3) is 5.91 Å². The lowest BCUT2D eigenvalue weighted by Crippen LogP contribution is -2.32. The highest BCUT2D eigenvalue weighted by atomic mass is 16.5. The van der Waals surface area contributed by atoms with Crippen LogP contribution in [0, 0.1) is 0 Å². The summed E-state index contributed by atoms with van der Waals surface area (Å²) in [6.45, 7) is 4.69. The molecule has 0 heterocycles. The lowest BCUT2D eigenvalue weighted by molar-refractivity contribution is 0.0938. The highest BCUT2D eigenvalue weighted by Gasteiger charge is 2.13. The molecular weight excluding hydrogens is 314 g/mol. The van der Waals surface area contributed by atoms with Crippen LogP contribution in [0.3, 0.4) is 0 Å². The first-order chi connectivity index (χ1) is 12.1. The van der Waals surface area contributed by atoms with Crippen LogP contribution in [0.5, 0.6) is 11.5 Å². The van der Waals surface area contributed by atoms with Gasteiger partial charge in [-0.05, 0) is 49.9 Å². The van der Waals surface area contributed by atoms with Crippen LogP contribution >= 0.6 is 0 Å². The van der Waals surface area contributed by atoms with E-state index in [1.807, 2.05) is 32.0 Å². The van der Waals surface area contributed by atoms with Gasteiger partial charge in [-0.15, -0.1) is 0 Å². The lowest BCUT2D eigenvalue weighted by Gasteiger charge is -2.15. The Morgan fingerprint density at radius 2 is 1.88 bits per heavy atom. The van der Waals surface area contributed by atoms with E-state index in [0.29, 0.717) is 23.7 Å². The molecule has 0 aliphatic rings. The molecule has 0 saturated carbocycles. The van der Waals surface area contributed by atoms with E-state index in [0.717, 1.165) is 19.3 Å². The Balaban J connectivity index is 1.93. The molecule has 4 nitrogen and oxygen atoms in total. The summed E-state index contributed by atoms with van der Waals surface area (Å²) in [4.78, 5) is 12.5. The highest BCUT2D eigenvalue weighted by Crippen LogP contribution is 2.28. The van der Waals surface area contributed by atoms with Crippen LogP contribution in [0.25, 0.3) is 0 Å². The monoisotopic (exact) mass is 341 g/mol. The van der Waals surface area contributed by atoms with Crippen LogP contribution in [0.2, 0.25) is 0 Å². The second-order valence-corrected chi connectivity index (χ2v) is 6.11. The first-order valence-electron chi connectivity index (χ1n) is 8.79. The zero-order valence-corrected chi connectivity index (χ0v) is 15.2. The Morgan fingerprint density at radius 3 is 2.56 bits per heavy atom. The molecule has 1 amide bonds. The van der Waals surface area contributed by atoms with E-state index in [1.165, 1.54) is 5.56 Å². The number of hydrogen-bond acceptors (Lipinski definition) is 3. The Morgan fingerprint density at radius 1 is 1.12 bits per heavy atom. The average molecular weight is 341 g/mol. The number of rotatable bonds is 9. The van der Waals surface area contributed by atoms with Gasteiger partial charge in [0.2, 0.25) is 0 Å². The minimum Gasteiger partial charge on any atom is -0.493 e. The van der Waals surface area contributed by atoms with Gasteiger partial charge in [-0.1, -0.05) is 37.3 Å². The normalized spacial score (nSPS) is 11.6. The number of benzene rings is 2. The van der Waals surface area contributed by atoms with Crippen molar-refractivity contribution in [3.05, 3.63) is 59.7 Å². The molecule has 0 bridgehead atoms. The summed E-state index contributed by atoms with van der Waals surface area (Å²) in [5, 5.41) is 3.05. The predicted molar refractivity (Wildman–Crippen MR) is 100 cm³/mol. The third-order valence-electron chi connectivity index (χ3n) is 3.97. The molecule has 2 aromatic rings. The van der Waals surface area contributed by atoms with E-state index >= 15 is 0 Å². The van der Waals surface area contributed by atoms with E-state index in [2.05, 4.69) is 17.4 Å². The van der Waals surface area contributed by atoms with Gasteiger partial charge >= 0.3 is 0 Å². The minimum absolute atomic E-state index is 0.0923. The second-order valence-electron chi connectivity index (χ2n) is 6.11. The number of methoxy groups -OCH3 is 1. The molecule has 0 aromatic heterocycles. The Bertz CT molecular complexity index is 670. The molecule has 134 valence electrons. The van der Waals surface area contributed by atoms with Gasteiger partial charge in [0.05, 0.1) is 13.7 Å². The van der Waals surface area contributed by atoms with E-state index in [-0.39, 0.29) is 11.9 Å². The Labute approximate surface area is 150 Å². The summed E-state index contributed by atoms with van der Waals surface area (Å²) in [6, 6.07) is 15.7. The third kappa shape index (κ3) is 5.82. The number of amides is 1. The summed E-state index contributed by atoms with van der Waals surface area (Å²) in [5.74, 6) is 1.15. The van der Waals surface area contributed by atoms with E-state index in [4.69, 9.17) is 9.47 Å². The van der Waals surface area contributed by atoms with Crippen LogP contribution in [-0.4, -0.2) is 25.7 Å². The topological polar surface area (TPSA) is 47.6 Å². The largest absolute Gasteiger partial charge is 0.493 e. The average Bonchev–Trinajstić information content (AvgIpc) is 2.65. The standard InChI is InChI=1S/C21H27NO3/c1-4-14-25-19-13-12-18(15-20(19)24-3)21(23)22-16(2)10-11-17-8-6-5-7-9-17/h5-9,12-13,15-16H,4,10-11,14H2,1-3H3,(H,22,23). The van der Waals surface area contributed by atoms with Crippen molar-refractivity contribution in [2.75, 3.05) is 13.7 Å². The van der Waals surface area contributed by atoms with Crippen LogP contribution in [0.1, 0.15) is 42.6 Å². The van der Waals surface area contributed by atoms with Crippen molar-refractivity contribution in [1.29, 1.82) is 0 Å². The molecule has 25 heavy (non-hydrogen) atoms. The van der Waals surface area contributed by atoms with Crippen molar-refractivity contribution in [3.8, 4) is 11.5 Å². The molecule has 0 spiro atoms. The zero-order valence-electron chi connectivity index (χ0n) is 15.2. The van der Waals surface area contributed by atoms with Gasteiger partial charge in [0.1, 0.15) is 0 Å². The molecule has 2 rings (SSSR count). The summed E-state index contributed by atoms with van der Waals surface area (Å²) < 4.78 is 11.0. The summed E-state index contributed by atoms with van der Waals surface area (Å²) in [6.07, 6.45) is 2.75.